The molecule has 8 nitrogen and oxygen atoms in total. The number of nitrogens with two attached hydrogens (primary N) is 1. The van der Waals surface area contributed by atoms with E-state index in [1.165, 1.54) is 30.2 Å². The molecule has 2 aliphatic rings. The highest BCUT2D eigenvalue weighted by atomic mass is 16.5. The lowest BCUT2D eigenvalue weighted by atomic mass is 10.1. The molecule has 0 radical (unpaired) electrons. The van der Waals surface area contributed by atoms with Gasteiger partial charge in [-0.2, -0.15) is 0 Å². The molecule has 1 fully saturated rings. The predicted molar refractivity (Wildman–Crippen MR) is 106 cm³/mol. The molecule has 0 bridgehead atoms. The number of amides is 3. The molecule has 150 valence electrons. The SMILES string of the molecule is COc1ccc(N)c(NC(=O)c2ccc3c(c2)C(=O)N(CC2CCCO2)C3=O)c1. The molecule has 4 rings (SSSR count). The van der Waals surface area contributed by atoms with Crippen molar-refractivity contribution in [3.63, 3.8) is 0 Å². The normalized spacial score (nSPS) is 18.1. The first-order chi connectivity index (χ1) is 14.0. The van der Waals surface area contributed by atoms with Crippen molar-refractivity contribution in [1.82, 2.24) is 4.90 Å². The second-order valence-electron chi connectivity index (χ2n) is 7.02. The minimum atomic E-state index is -0.439. The minimum Gasteiger partial charge on any atom is -0.497 e. The third-order valence-corrected chi connectivity index (χ3v) is 5.15. The van der Waals surface area contributed by atoms with Crippen molar-refractivity contribution in [3.05, 3.63) is 53.1 Å². The Labute approximate surface area is 167 Å². The summed E-state index contributed by atoms with van der Waals surface area (Å²) in [6.07, 6.45) is 1.62. The Morgan fingerprint density at radius 3 is 2.72 bits per heavy atom. The lowest BCUT2D eigenvalue weighted by molar-refractivity contribution is 0.0475. The number of hydrogen-bond acceptors (Lipinski definition) is 6. The average Bonchev–Trinajstić information content (AvgIpc) is 3.32. The van der Waals surface area contributed by atoms with E-state index in [-0.39, 0.29) is 29.7 Å². The molecule has 8 heteroatoms. The van der Waals surface area contributed by atoms with E-state index in [0.717, 1.165) is 12.8 Å². The van der Waals surface area contributed by atoms with Crippen LogP contribution in [-0.2, 0) is 4.74 Å². The van der Waals surface area contributed by atoms with Crippen LogP contribution >= 0.6 is 0 Å². The van der Waals surface area contributed by atoms with Crippen LogP contribution < -0.4 is 15.8 Å². The van der Waals surface area contributed by atoms with Crippen LogP contribution in [-0.4, -0.2) is 49.0 Å². The first-order valence-corrected chi connectivity index (χ1v) is 9.34. The third-order valence-electron chi connectivity index (χ3n) is 5.15. The first-order valence-electron chi connectivity index (χ1n) is 9.34. The van der Waals surface area contributed by atoms with Crippen molar-refractivity contribution in [2.24, 2.45) is 0 Å². The zero-order valence-corrected chi connectivity index (χ0v) is 15.9. The Morgan fingerprint density at radius 2 is 2.00 bits per heavy atom. The van der Waals surface area contributed by atoms with Crippen LogP contribution in [0.1, 0.15) is 43.9 Å². The van der Waals surface area contributed by atoms with E-state index in [1.54, 1.807) is 18.2 Å². The van der Waals surface area contributed by atoms with Gasteiger partial charge in [-0.15, -0.1) is 0 Å². The highest BCUT2D eigenvalue weighted by molar-refractivity contribution is 6.22. The highest BCUT2D eigenvalue weighted by Gasteiger charge is 2.38. The summed E-state index contributed by atoms with van der Waals surface area (Å²) in [4.78, 5) is 39.2. The second kappa shape index (κ2) is 7.56. The zero-order chi connectivity index (χ0) is 20.5. The summed E-state index contributed by atoms with van der Waals surface area (Å²) in [5.41, 5.74) is 7.47. The number of nitrogens with zero attached hydrogens (tertiary/aromatic N) is 1. The molecular formula is C21H21N3O5. The molecule has 0 aromatic heterocycles. The van der Waals surface area contributed by atoms with Crippen LogP contribution in [0.25, 0.3) is 0 Å². The van der Waals surface area contributed by atoms with Crippen molar-refractivity contribution < 1.29 is 23.9 Å². The van der Waals surface area contributed by atoms with Crippen molar-refractivity contribution in [1.29, 1.82) is 0 Å². The lowest BCUT2D eigenvalue weighted by Gasteiger charge is -2.17. The molecule has 3 N–H and O–H groups in total. The van der Waals surface area contributed by atoms with Gasteiger partial charge in [-0.1, -0.05) is 0 Å². The smallest absolute Gasteiger partial charge is 0.261 e. The minimum absolute atomic E-state index is 0.129. The second-order valence-corrected chi connectivity index (χ2v) is 7.02. The Morgan fingerprint density at radius 1 is 1.21 bits per heavy atom. The van der Waals surface area contributed by atoms with Gasteiger partial charge in [0.2, 0.25) is 0 Å². The molecule has 2 aliphatic heterocycles. The van der Waals surface area contributed by atoms with E-state index in [9.17, 15) is 14.4 Å². The van der Waals surface area contributed by atoms with Crippen LogP contribution in [0.2, 0.25) is 0 Å². The molecule has 0 spiro atoms. The van der Waals surface area contributed by atoms with Crippen molar-refractivity contribution in [3.8, 4) is 5.75 Å². The number of anilines is 2. The molecule has 1 saturated heterocycles. The van der Waals surface area contributed by atoms with Gasteiger partial charge in [0.05, 0.1) is 42.3 Å². The third kappa shape index (κ3) is 3.54. The summed E-state index contributed by atoms with van der Waals surface area (Å²) in [5, 5.41) is 2.71. The number of nitrogens with one attached hydrogen (secondary N) is 1. The predicted octanol–water partition coefficient (Wildman–Crippen LogP) is 2.30. The van der Waals surface area contributed by atoms with E-state index < -0.39 is 11.8 Å². The van der Waals surface area contributed by atoms with Gasteiger partial charge in [-0.05, 0) is 43.2 Å². The molecule has 1 unspecified atom stereocenters. The average molecular weight is 395 g/mol. The number of fused-ring (bicyclic) bond motifs is 1. The number of rotatable bonds is 5. The fourth-order valence-electron chi connectivity index (χ4n) is 3.55. The fourth-order valence-corrected chi connectivity index (χ4v) is 3.55. The van der Waals surface area contributed by atoms with Crippen LogP contribution in [0.4, 0.5) is 11.4 Å². The van der Waals surface area contributed by atoms with Crippen molar-refractivity contribution in [2.75, 3.05) is 31.3 Å². The molecule has 0 saturated carbocycles. The molecule has 29 heavy (non-hydrogen) atoms. The van der Waals surface area contributed by atoms with Crippen LogP contribution in [0.15, 0.2) is 36.4 Å². The van der Waals surface area contributed by atoms with E-state index in [2.05, 4.69) is 5.32 Å². The van der Waals surface area contributed by atoms with Crippen LogP contribution in [0.3, 0.4) is 0 Å². The number of carbonyl (C=O) groups excluding carboxylic acids is 3. The van der Waals surface area contributed by atoms with Gasteiger partial charge < -0.3 is 20.5 Å². The number of carbonyl (C=O) groups is 3. The highest BCUT2D eigenvalue weighted by Crippen LogP contribution is 2.28. The van der Waals surface area contributed by atoms with Gasteiger partial charge in [0.15, 0.2) is 0 Å². The van der Waals surface area contributed by atoms with Gasteiger partial charge >= 0.3 is 0 Å². The Bertz CT molecular complexity index is 998. The van der Waals surface area contributed by atoms with Crippen LogP contribution in [0, 0.1) is 0 Å². The number of ether oxygens (including phenoxy) is 2. The van der Waals surface area contributed by atoms with E-state index in [0.29, 0.717) is 29.3 Å². The standard InChI is InChI=1S/C21H21N3O5/c1-28-13-5-7-17(22)18(10-13)23-19(25)12-4-6-15-16(9-12)21(27)24(20(15)26)11-14-3-2-8-29-14/h4-7,9-10,14H,2-3,8,11,22H2,1H3,(H,23,25). The van der Waals surface area contributed by atoms with Crippen molar-refractivity contribution >= 4 is 29.1 Å². The molecule has 2 aromatic carbocycles. The van der Waals surface area contributed by atoms with Crippen LogP contribution in [0.5, 0.6) is 5.75 Å². The summed E-state index contributed by atoms with van der Waals surface area (Å²) >= 11 is 0. The summed E-state index contributed by atoms with van der Waals surface area (Å²) in [6, 6.07) is 9.39. The lowest BCUT2D eigenvalue weighted by Crippen LogP contribution is -2.36. The largest absolute Gasteiger partial charge is 0.497 e. The maximum atomic E-state index is 12.7. The summed E-state index contributed by atoms with van der Waals surface area (Å²) in [6.45, 7) is 0.875. The number of nitrogen functional groups attached to an aromatic ring is 1. The number of imide groups is 1. The van der Waals surface area contributed by atoms with Gasteiger partial charge in [0.25, 0.3) is 17.7 Å². The monoisotopic (exact) mass is 395 g/mol. The van der Waals surface area contributed by atoms with Gasteiger partial charge in [-0.25, -0.2) is 0 Å². The molecule has 1 atom stereocenters. The Kier molecular flexibility index (Phi) is 4.94. The maximum Gasteiger partial charge on any atom is 0.261 e. The fraction of sp³-hybridized carbons (Fsp3) is 0.286. The van der Waals surface area contributed by atoms with Gasteiger partial charge in [0.1, 0.15) is 5.75 Å². The first kappa shape index (κ1) is 18.9. The molecule has 2 aromatic rings. The number of methoxy groups -OCH3 is 1. The van der Waals surface area contributed by atoms with Crippen molar-refractivity contribution in [2.45, 2.75) is 18.9 Å². The van der Waals surface area contributed by atoms with E-state index >= 15 is 0 Å². The molecular weight excluding hydrogens is 374 g/mol. The molecule has 0 aliphatic carbocycles. The molecule has 3 amide bonds. The Balaban J connectivity index is 1.55. The van der Waals surface area contributed by atoms with E-state index in [4.69, 9.17) is 15.2 Å². The zero-order valence-electron chi connectivity index (χ0n) is 15.9. The Hall–Kier alpha value is -3.39. The van der Waals surface area contributed by atoms with Gasteiger partial charge in [0, 0.05) is 18.2 Å². The maximum absolute atomic E-state index is 12.7. The van der Waals surface area contributed by atoms with Gasteiger partial charge in [-0.3, -0.25) is 19.3 Å². The quantitative estimate of drug-likeness (QED) is 0.594. The summed E-state index contributed by atoms with van der Waals surface area (Å²) < 4.78 is 10.7. The number of benzene rings is 2. The topological polar surface area (TPSA) is 111 Å². The summed E-state index contributed by atoms with van der Waals surface area (Å²) in [7, 11) is 1.52. The molecule has 2 heterocycles. The summed E-state index contributed by atoms with van der Waals surface area (Å²) in [5.74, 6) is -0.653. The number of hydrogen-bond donors (Lipinski definition) is 2. The van der Waals surface area contributed by atoms with E-state index in [1.807, 2.05) is 0 Å².